The molecule has 0 radical (unpaired) electrons. The molecule has 0 amide bonds. The summed E-state index contributed by atoms with van der Waals surface area (Å²) in [5.74, 6) is 1.16. The van der Waals surface area contributed by atoms with Crippen molar-refractivity contribution in [3.05, 3.63) is 47.9 Å². The van der Waals surface area contributed by atoms with Crippen LogP contribution < -0.4 is 5.73 Å². The molecule has 0 unspecified atom stereocenters. The molecule has 5 nitrogen and oxygen atoms in total. The highest BCUT2D eigenvalue weighted by atomic mass is 15.1. The Hall–Kier alpha value is -2.01. The van der Waals surface area contributed by atoms with Crippen LogP contribution in [-0.2, 0) is 12.8 Å². The minimum absolute atomic E-state index is 0.492. The summed E-state index contributed by atoms with van der Waals surface area (Å²) in [7, 11) is 0. The molecule has 0 aliphatic carbocycles. The Morgan fingerprint density at radius 3 is 2.77 bits per heavy atom. The average molecular weight is 297 g/mol. The van der Waals surface area contributed by atoms with E-state index in [0.29, 0.717) is 11.7 Å². The molecule has 3 heterocycles. The largest absolute Gasteiger partial charge is 0.382 e. The number of nitrogen functional groups attached to an aromatic ring is 1. The normalized spacial score (nSPS) is 19.2. The molecule has 0 aromatic carbocycles. The van der Waals surface area contributed by atoms with Crippen LogP contribution in [0, 0.1) is 5.92 Å². The monoisotopic (exact) mass is 297 g/mol. The first-order valence-electron chi connectivity index (χ1n) is 7.99. The maximum Gasteiger partial charge on any atom is 0.146 e. The molecular formula is C17H23N5. The molecular weight excluding hydrogens is 274 g/mol. The van der Waals surface area contributed by atoms with Gasteiger partial charge in [0.15, 0.2) is 0 Å². The van der Waals surface area contributed by atoms with Crippen LogP contribution in [0.2, 0.25) is 0 Å². The smallest absolute Gasteiger partial charge is 0.146 e. The molecule has 1 aliphatic heterocycles. The highest BCUT2D eigenvalue weighted by Crippen LogP contribution is 2.20. The fourth-order valence-electron chi connectivity index (χ4n) is 3.13. The van der Waals surface area contributed by atoms with Gasteiger partial charge in [0.05, 0.1) is 5.69 Å². The van der Waals surface area contributed by atoms with Gasteiger partial charge >= 0.3 is 0 Å². The summed E-state index contributed by atoms with van der Waals surface area (Å²) in [6.45, 7) is 3.47. The molecule has 5 heteroatoms. The van der Waals surface area contributed by atoms with Crippen molar-refractivity contribution < 1.29 is 0 Å². The van der Waals surface area contributed by atoms with Gasteiger partial charge in [0.1, 0.15) is 5.82 Å². The predicted molar refractivity (Wildman–Crippen MR) is 87.3 cm³/mol. The van der Waals surface area contributed by atoms with Crippen molar-refractivity contribution in [1.82, 2.24) is 20.1 Å². The summed E-state index contributed by atoms with van der Waals surface area (Å²) in [6.07, 6.45) is 8.37. The molecule has 1 fully saturated rings. The third-order valence-corrected chi connectivity index (χ3v) is 4.31. The summed E-state index contributed by atoms with van der Waals surface area (Å²) >= 11 is 0. The number of anilines is 1. The van der Waals surface area contributed by atoms with E-state index in [0.717, 1.165) is 31.6 Å². The van der Waals surface area contributed by atoms with Gasteiger partial charge in [-0.2, -0.15) is 5.10 Å². The van der Waals surface area contributed by atoms with Crippen LogP contribution in [0.5, 0.6) is 0 Å². The summed E-state index contributed by atoms with van der Waals surface area (Å²) in [5, 5.41) is 8.14. The standard InChI is InChI=1S/C17H23N5/c18-17-4-3-16(20-21-17)12-15-2-1-10-22(13-15)11-7-14-5-8-19-9-6-14/h3-6,8-9,15H,1-2,7,10-13H2,(H2,18,21)/t15-/m0/s1. The molecule has 3 rings (SSSR count). The van der Waals surface area contributed by atoms with E-state index in [2.05, 4.69) is 32.2 Å². The Morgan fingerprint density at radius 1 is 1.14 bits per heavy atom. The van der Waals surface area contributed by atoms with Crippen molar-refractivity contribution in [3.8, 4) is 0 Å². The van der Waals surface area contributed by atoms with Gasteiger partial charge < -0.3 is 10.6 Å². The van der Waals surface area contributed by atoms with Gasteiger partial charge in [-0.25, -0.2) is 0 Å². The van der Waals surface area contributed by atoms with Gasteiger partial charge in [0.25, 0.3) is 0 Å². The van der Waals surface area contributed by atoms with E-state index >= 15 is 0 Å². The number of nitrogens with zero attached hydrogens (tertiary/aromatic N) is 4. The summed E-state index contributed by atoms with van der Waals surface area (Å²) in [5.41, 5.74) is 8.00. The van der Waals surface area contributed by atoms with Crippen molar-refractivity contribution in [2.24, 2.45) is 5.92 Å². The van der Waals surface area contributed by atoms with Gasteiger partial charge in [-0.05, 0) is 68.0 Å². The minimum Gasteiger partial charge on any atom is -0.382 e. The van der Waals surface area contributed by atoms with Crippen molar-refractivity contribution in [2.45, 2.75) is 25.7 Å². The van der Waals surface area contributed by atoms with Gasteiger partial charge in [-0.1, -0.05) is 0 Å². The Bertz CT molecular complexity index is 569. The first kappa shape index (κ1) is 14.9. The first-order valence-corrected chi connectivity index (χ1v) is 7.99. The van der Waals surface area contributed by atoms with Crippen LogP contribution in [0.1, 0.15) is 24.1 Å². The Labute approximate surface area is 131 Å². The van der Waals surface area contributed by atoms with Crippen molar-refractivity contribution in [2.75, 3.05) is 25.4 Å². The fraction of sp³-hybridized carbons (Fsp3) is 0.471. The zero-order valence-electron chi connectivity index (χ0n) is 12.9. The highest BCUT2D eigenvalue weighted by Gasteiger charge is 2.20. The number of piperidine rings is 1. The number of pyridine rings is 1. The average Bonchev–Trinajstić information content (AvgIpc) is 2.57. The maximum atomic E-state index is 5.59. The van der Waals surface area contributed by atoms with Crippen LogP contribution >= 0.6 is 0 Å². The number of aromatic nitrogens is 3. The summed E-state index contributed by atoms with van der Waals surface area (Å²) in [4.78, 5) is 6.64. The van der Waals surface area contributed by atoms with E-state index in [9.17, 15) is 0 Å². The molecule has 1 atom stereocenters. The molecule has 2 aromatic heterocycles. The van der Waals surface area contributed by atoms with E-state index in [1.807, 2.05) is 24.5 Å². The predicted octanol–water partition coefficient (Wildman–Crippen LogP) is 1.95. The van der Waals surface area contributed by atoms with Crippen LogP contribution in [0.15, 0.2) is 36.7 Å². The first-order chi connectivity index (χ1) is 10.8. The number of hydrogen-bond acceptors (Lipinski definition) is 5. The van der Waals surface area contributed by atoms with E-state index in [4.69, 9.17) is 5.73 Å². The van der Waals surface area contributed by atoms with E-state index in [-0.39, 0.29) is 0 Å². The lowest BCUT2D eigenvalue weighted by atomic mass is 9.93. The van der Waals surface area contributed by atoms with Crippen LogP contribution in [0.3, 0.4) is 0 Å². The Morgan fingerprint density at radius 2 is 2.00 bits per heavy atom. The second-order valence-electron chi connectivity index (χ2n) is 6.07. The van der Waals surface area contributed by atoms with E-state index in [1.165, 1.54) is 24.9 Å². The molecule has 0 saturated carbocycles. The number of rotatable bonds is 5. The van der Waals surface area contributed by atoms with E-state index in [1.54, 1.807) is 0 Å². The Balaban J connectivity index is 1.49. The third-order valence-electron chi connectivity index (χ3n) is 4.31. The molecule has 22 heavy (non-hydrogen) atoms. The summed E-state index contributed by atoms with van der Waals surface area (Å²) < 4.78 is 0. The Kier molecular flexibility index (Phi) is 4.96. The van der Waals surface area contributed by atoms with Crippen molar-refractivity contribution >= 4 is 5.82 Å². The quantitative estimate of drug-likeness (QED) is 0.913. The molecule has 1 saturated heterocycles. The number of nitrogens with two attached hydrogens (primary N) is 1. The third kappa shape index (κ3) is 4.24. The fourth-order valence-corrected chi connectivity index (χ4v) is 3.13. The molecule has 0 bridgehead atoms. The second-order valence-corrected chi connectivity index (χ2v) is 6.07. The van der Waals surface area contributed by atoms with Gasteiger partial charge in [-0.15, -0.1) is 5.10 Å². The van der Waals surface area contributed by atoms with Gasteiger partial charge in [-0.3, -0.25) is 4.98 Å². The summed E-state index contributed by atoms with van der Waals surface area (Å²) in [6, 6.07) is 8.04. The lowest BCUT2D eigenvalue weighted by molar-refractivity contribution is 0.175. The zero-order valence-corrected chi connectivity index (χ0v) is 12.9. The van der Waals surface area contributed by atoms with Crippen molar-refractivity contribution in [3.63, 3.8) is 0 Å². The van der Waals surface area contributed by atoms with Crippen molar-refractivity contribution in [1.29, 1.82) is 0 Å². The van der Waals surface area contributed by atoms with Crippen LogP contribution in [-0.4, -0.2) is 39.7 Å². The number of likely N-dealkylation sites (tertiary alicyclic amines) is 1. The lowest BCUT2D eigenvalue weighted by Gasteiger charge is -2.32. The minimum atomic E-state index is 0.492. The zero-order chi connectivity index (χ0) is 15.2. The SMILES string of the molecule is Nc1ccc(C[C@@H]2CCCN(CCc3ccncc3)C2)nn1. The van der Waals surface area contributed by atoms with Gasteiger partial charge in [0, 0.05) is 25.5 Å². The lowest BCUT2D eigenvalue weighted by Crippen LogP contribution is -2.37. The molecule has 116 valence electrons. The second kappa shape index (κ2) is 7.31. The molecule has 2 N–H and O–H groups in total. The topological polar surface area (TPSA) is 67.9 Å². The molecule has 2 aromatic rings. The van der Waals surface area contributed by atoms with Crippen LogP contribution in [0.4, 0.5) is 5.82 Å². The van der Waals surface area contributed by atoms with E-state index < -0.39 is 0 Å². The molecule has 1 aliphatic rings. The van der Waals surface area contributed by atoms with Gasteiger partial charge in [0.2, 0.25) is 0 Å². The molecule has 0 spiro atoms. The highest BCUT2D eigenvalue weighted by molar-refractivity contribution is 5.25. The number of hydrogen-bond donors (Lipinski definition) is 1. The van der Waals surface area contributed by atoms with Crippen LogP contribution in [0.25, 0.3) is 0 Å². The maximum absolute atomic E-state index is 5.59.